The molecule has 0 saturated carbocycles. The number of halogens is 1. The Morgan fingerprint density at radius 1 is 1.36 bits per heavy atom. The lowest BCUT2D eigenvalue weighted by Gasteiger charge is -2.33. The van der Waals surface area contributed by atoms with E-state index in [4.69, 9.17) is 10.5 Å². The number of likely N-dealkylation sites (tertiary alicyclic amines) is 1. The quantitative estimate of drug-likeness (QED) is 0.769. The average Bonchev–Trinajstić information content (AvgIpc) is 2.96. The van der Waals surface area contributed by atoms with E-state index in [1.54, 1.807) is 0 Å². The highest BCUT2D eigenvalue weighted by Gasteiger charge is 2.28. The number of nitrogens with two attached hydrogens (primary N) is 1. The molecule has 1 fully saturated rings. The molecule has 1 aromatic heterocycles. The number of benzene rings is 1. The number of ether oxygens (including phenoxy) is 1. The number of nitrogens with zero attached hydrogens (tertiary/aromatic N) is 1. The van der Waals surface area contributed by atoms with Crippen molar-refractivity contribution < 1.29 is 9.53 Å². The van der Waals surface area contributed by atoms with E-state index in [2.05, 4.69) is 39.2 Å². The van der Waals surface area contributed by atoms with Crippen LogP contribution in [0.1, 0.15) is 50.7 Å². The topological polar surface area (TPSA) is 71.3 Å². The second kappa shape index (κ2) is 7.00. The van der Waals surface area contributed by atoms with Crippen LogP contribution in [0.3, 0.4) is 0 Å². The second-order valence-electron chi connectivity index (χ2n) is 7.68. The number of carbonyl (C=O) groups is 1. The first-order chi connectivity index (χ1) is 11.8. The normalized spacial score (nSPS) is 16.4. The Balaban J connectivity index is 1.75. The molecule has 1 aliphatic heterocycles. The first kappa shape index (κ1) is 18.3. The summed E-state index contributed by atoms with van der Waals surface area (Å²) in [7, 11) is 0. The van der Waals surface area contributed by atoms with E-state index in [9.17, 15) is 4.79 Å². The molecule has 136 valence electrons. The standard InChI is InChI=1S/C19H26BrN3O2/c1-19(2,3)25-18(24)23-6-4-12(5-7-23)15-11-22-16-9-14(20)8-13(10-21)17(15)16/h8-9,11-12,22H,4-7,10,21H2,1-3H3. The first-order valence-corrected chi connectivity index (χ1v) is 9.55. The highest BCUT2D eigenvalue weighted by Crippen LogP contribution is 2.36. The summed E-state index contributed by atoms with van der Waals surface area (Å²) in [6.45, 7) is 7.65. The van der Waals surface area contributed by atoms with Crippen molar-refractivity contribution in [1.82, 2.24) is 9.88 Å². The molecule has 0 spiro atoms. The van der Waals surface area contributed by atoms with Gasteiger partial charge in [0.1, 0.15) is 5.60 Å². The van der Waals surface area contributed by atoms with Gasteiger partial charge < -0.3 is 20.4 Å². The van der Waals surface area contributed by atoms with E-state index < -0.39 is 5.60 Å². The van der Waals surface area contributed by atoms with Gasteiger partial charge in [0.15, 0.2) is 0 Å². The Morgan fingerprint density at radius 2 is 2.04 bits per heavy atom. The van der Waals surface area contributed by atoms with Gasteiger partial charge >= 0.3 is 6.09 Å². The minimum absolute atomic E-state index is 0.212. The van der Waals surface area contributed by atoms with E-state index in [-0.39, 0.29) is 6.09 Å². The number of H-pyrrole nitrogens is 1. The summed E-state index contributed by atoms with van der Waals surface area (Å²) >= 11 is 3.54. The van der Waals surface area contributed by atoms with Gasteiger partial charge in [0.25, 0.3) is 0 Å². The molecule has 1 aliphatic rings. The number of piperidine rings is 1. The van der Waals surface area contributed by atoms with Crippen LogP contribution < -0.4 is 5.73 Å². The molecule has 0 aliphatic carbocycles. The lowest BCUT2D eigenvalue weighted by Crippen LogP contribution is -2.41. The third-order valence-corrected chi connectivity index (χ3v) is 5.12. The predicted octanol–water partition coefficient (Wildman–Crippen LogP) is 4.50. The molecule has 0 radical (unpaired) electrons. The number of carbonyl (C=O) groups excluding carboxylic acids is 1. The molecule has 1 aromatic carbocycles. The molecule has 0 atom stereocenters. The van der Waals surface area contributed by atoms with Crippen LogP contribution in [0.25, 0.3) is 10.9 Å². The van der Waals surface area contributed by atoms with Gasteiger partial charge in [-0.2, -0.15) is 0 Å². The monoisotopic (exact) mass is 407 g/mol. The number of fused-ring (bicyclic) bond motifs is 1. The zero-order valence-electron chi connectivity index (χ0n) is 15.1. The van der Waals surface area contributed by atoms with E-state index >= 15 is 0 Å². The van der Waals surface area contributed by atoms with Crippen molar-refractivity contribution in [3.8, 4) is 0 Å². The molecule has 1 saturated heterocycles. The van der Waals surface area contributed by atoms with Crippen LogP contribution in [-0.4, -0.2) is 34.7 Å². The molecule has 3 rings (SSSR count). The van der Waals surface area contributed by atoms with Crippen LogP contribution >= 0.6 is 15.9 Å². The van der Waals surface area contributed by atoms with Gasteiger partial charge in [0, 0.05) is 41.2 Å². The summed E-state index contributed by atoms with van der Waals surface area (Å²) in [6, 6.07) is 4.18. The maximum atomic E-state index is 12.2. The molecular formula is C19H26BrN3O2. The van der Waals surface area contributed by atoms with Crippen LogP contribution in [0.4, 0.5) is 4.79 Å². The molecule has 3 N–H and O–H groups in total. The lowest BCUT2D eigenvalue weighted by molar-refractivity contribution is 0.0205. The van der Waals surface area contributed by atoms with Crippen LogP contribution in [0, 0.1) is 0 Å². The third kappa shape index (κ3) is 4.01. The van der Waals surface area contributed by atoms with Gasteiger partial charge in [-0.15, -0.1) is 0 Å². The van der Waals surface area contributed by atoms with E-state index in [1.165, 1.54) is 10.9 Å². The fourth-order valence-corrected chi connectivity index (χ4v) is 4.03. The highest BCUT2D eigenvalue weighted by molar-refractivity contribution is 9.10. The van der Waals surface area contributed by atoms with Gasteiger partial charge in [0.2, 0.25) is 0 Å². The predicted molar refractivity (Wildman–Crippen MR) is 104 cm³/mol. The van der Waals surface area contributed by atoms with Crippen LogP contribution in [-0.2, 0) is 11.3 Å². The smallest absolute Gasteiger partial charge is 0.410 e. The van der Waals surface area contributed by atoms with Crippen molar-refractivity contribution in [2.45, 2.75) is 51.7 Å². The largest absolute Gasteiger partial charge is 0.444 e. The minimum atomic E-state index is -0.450. The number of hydrogen-bond donors (Lipinski definition) is 2. The van der Waals surface area contributed by atoms with Gasteiger partial charge in [0.05, 0.1) is 0 Å². The van der Waals surface area contributed by atoms with Crippen molar-refractivity contribution in [2.75, 3.05) is 13.1 Å². The number of hydrogen-bond acceptors (Lipinski definition) is 3. The first-order valence-electron chi connectivity index (χ1n) is 8.76. The molecule has 0 bridgehead atoms. The number of aromatic nitrogens is 1. The maximum absolute atomic E-state index is 12.2. The van der Waals surface area contributed by atoms with Gasteiger partial charge in [-0.1, -0.05) is 15.9 Å². The van der Waals surface area contributed by atoms with Crippen molar-refractivity contribution in [1.29, 1.82) is 0 Å². The van der Waals surface area contributed by atoms with Crippen molar-refractivity contribution in [3.63, 3.8) is 0 Å². The summed E-state index contributed by atoms with van der Waals surface area (Å²) in [4.78, 5) is 17.4. The molecular weight excluding hydrogens is 382 g/mol. The molecule has 1 amide bonds. The summed E-state index contributed by atoms with van der Waals surface area (Å²) in [5.74, 6) is 0.430. The van der Waals surface area contributed by atoms with Crippen molar-refractivity contribution in [2.24, 2.45) is 5.73 Å². The number of nitrogens with one attached hydrogen (secondary N) is 1. The summed E-state index contributed by atoms with van der Waals surface area (Å²) in [5.41, 5.74) is 9.08. The summed E-state index contributed by atoms with van der Waals surface area (Å²) in [5, 5.41) is 1.24. The molecule has 0 unspecified atom stereocenters. The molecule has 2 heterocycles. The maximum Gasteiger partial charge on any atom is 0.410 e. The Labute approximate surface area is 157 Å². The zero-order chi connectivity index (χ0) is 18.2. The Bertz CT molecular complexity index is 771. The number of amides is 1. The van der Waals surface area contributed by atoms with E-state index in [0.717, 1.165) is 41.5 Å². The van der Waals surface area contributed by atoms with Gasteiger partial charge in [-0.25, -0.2) is 4.79 Å². The van der Waals surface area contributed by atoms with Crippen molar-refractivity contribution >= 4 is 32.9 Å². The van der Waals surface area contributed by atoms with Crippen LogP contribution in [0.15, 0.2) is 22.8 Å². The fourth-order valence-electron chi connectivity index (χ4n) is 3.53. The molecule has 2 aromatic rings. The molecule has 25 heavy (non-hydrogen) atoms. The van der Waals surface area contributed by atoms with Crippen LogP contribution in [0.5, 0.6) is 0 Å². The minimum Gasteiger partial charge on any atom is -0.444 e. The second-order valence-corrected chi connectivity index (χ2v) is 8.59. The fraction of sp³-hybridized carbons (Fsp3) is 0.526. The molecule has 6 heteroatoms. The number of aromatic amines is 1. The molecule has 5 nitrogen and oxygen atoms in total. The van der Waals surface area contributed by atoms with Crippen molar-refractivity contribution in [3.05, 3.63) is 33.9 Å². The summed E-state index contributed by atoms with van der Waals surface area (Å²) < 4.78 is 6.52. The van der Waals surface area contributed by atoms with E-state index in [0.29, 0.717) is 12.5 Å². The van der Waals surface area contributed by atoms with Gasteiger partial charge in [-0.3, -0.25) is 0 Å². The Hall–Kier alpha value is -1.53. The average molecular weight is 408 g/mol. The summed E-state index contributed by atoms with van der Waals surface area (Å²) in [6.07, 6.45) is 3.76. The Morgan fingerprint density at radius 3 is 2.64 bits per heavy atom. The SMILES string of the molecule is CC(C)(C)OC(=O)N1CCC(c2c[nH]c3cc(Br)cc(CN)c23)CC1. The van der Waals surface area contributed by atoms with E-state index in [1.807, 2.05) is 25.7 Å². The van der Waals surface area contributed by atoms with Crippen LogP contribution in [0.2, 0.25) is 0 Å². The van der Waals surface area contributed by atoms with Gasteiger partial charge in [-0.05, 0) is 62.8 Å². The Kier molecular flexibility index (Phi) is 5.11. The highest BCUT2D eigenvalue weighted by atomic mass is 79.9. The zero-order valence-corrected chi connectivity index (χ0v) is 16.6. The lowest BCUT2D eigenvalue weighted by atomic mass is 9.88. The third-order valence-electron chi connectivity index (χ3n) is 4.66. The number of rotatable bonds is 2.